The van der Waals surface area contributed by atoms with Gasteiger partial charge in [0.15, 0.2) is 5.69 Å². The van der Waals surface area contributed by atoms with Crippen LogP contribution in [0.25, 0.3) is 0 Å². The number of fused-ring (bicyclic) bond motifs is 1. The van der Waals surface area contributed by atoms with Crippen LogP contribution in [0.2, 0.25) is 0 Å². The minimum Gasteiger partial charge on any atom is -0.708 e. The van der Waals surface area contributed by atoms with Gasteiger partial charge in [0.05, 0.1) is 0 Å². The van der Waals surface area contributed by atoms with Gasteiger partial charge in [-0.3, -0.25) is 0 Å². The van der Waals surface area contributed by atoms with Gasteiger partial charge in [0.1, 0.15) is 5.69 Å². The summed E-state index contributed by atoms with van der Waals surface area (Å²) in [6.07, 6.45) is 4.00. The van der Waals surface area contributed by atoms with Crippen molar-refractivity contribution in [2.75, 3.05) is 0 Å². The van der Waals surface area contributed by atoms with E-state index >= 15 is 0 Å². The molecule has 13 heavy (non-hydrogen) atoms. The first-order chi connectivity index (χ1) is 6.20. The van der Waals surface area contributed by atoms with Crippen LogP contribution in [0.3, 0.4) is 0 Å². The first kappa shape index (κ1) is 8.29. The average molecular weight is 180 g/mol. The number of aromatic hydroxyl groups is 1. The van der Waals surface area contributed by atoms with Crippen molar-refractivity contribution in [3.05, 3.63) is 22.2 Å². The molecule has 0 bridgehead atoms. The zero-order valence-electron chi connectivity index (χ0n) is 7.58. The van der Waals surface area contributed by atoms with E-state index in [1.807, 2.05) is 0 Å². The largest absolute Gasteiger partial charge is 0.708 e. The Labute approximate surface area is 76.4 Å². The molecule has 4 heteroatoms. The normalized spacial score (nSPS) is 15.5. The molecule has 0 aliphatic heterocycles. The van der Waals surface area contributed by atoms with Gasteiger partial charge >= 0.3 is 6.01 Å². The van der Waals surface area contributed by atoms with E-state index < -0.39 is 6.01 Å². The average Bonchev–Trinajstić information content (AvgIpc) is 2.15. The standard InChI is InChI=1S/C9H12N2O2/c1-6-7-4-2-3-5-8(7)10-9(12)11(6)13/h2-5H2,1H3,(H,10,12). The highest BCUT2D eigenvalue weighted by molar-refractivity contribution is 5.25. The van der Waals surface area contributed by atoms with Gasteiger partial charge in [-0.1, -0.05) is 0 Å². The van der Waals surface area contributed by atoms with E-state index in [9.17, 15) is 10.3 Å². The maximum atomic E-state index is 11.2. The Kier molecular flexibility index (Phi) is 1.83. The number of nitrogens with zero attached hydrogens (tertiary/aromatic N) is 2. The molecule has 0 radical (unpaired) electrons. The van der Waals surface area contributed by atoms with E-state index in [0.29, 0.717) is 10.4 Å². The molecular weight excluding hydrogens is 168 g/mol. The molecule has 1 heterocycles. The highest BCUT2D eigenvalue weighted by Gasteiger charge is 2.22. The molecule has 0 fully saturated rings. The molecule has 0 saturated heterocycles. The molecule has 0 atom stereocenters. The molecule has 1 N–H and O–H groups in total. The Balaban J connectivity index is 2.60. The molecule has 1 aliphatic carbocycles. The molecule has 0 saturated carbocycles. The molecule has 0 aromatic carbocycles. The molecule has 0 spiro atoms. The zero-order chi connectivity index (χ0) is 9.42. The molecule has 2 rings (SSSR count). The van der Waals surface area contributed by atoms with E-state index in [2.05, 4.69) is 4.98 Å². The van der Waals surface area contributed by atoms with Crippen LogP contribution < -0.4 is 4.73 Å². The number of aryl methyl sites for hydroxylation is 1. The van der Waals surface area contributed by atoms with Crippen LogP contribution in [0, 0.1) is 12.1 Å². The third kappa shape index (κ3) is 1.22. The van der Waals surface area contributed by atoms with Gasteiger partial charge in [-0.05, 0) is 31.2 Å². The van der Waals surface area contributed by atoms with E-state index in [0.717, 1.165) is 36.9 Å². The van der Waals surface area contributed by atoms with Crippen LogP contribution in [0.1, 0.15) is 29.8 Å². The fourth-order valence-electron chi connectivity index (χ4n) is 1.84. The summed E-state index contributed by atoms with van der Waals surface area (Å²) in [5.41, 5.74) is 2.52. The number of hydrogen-bond acceptors (Lipinski definition) is 3. The summed E-state index contributed by atoms with van der Waals surface area (Å²) in [6, 6.07) is -0.418. The molecular formula is C9H12N2O2. The Morgan fingerprint density at radius 3 is 2.85 bits per heavy atom. The second-order valence-corrected chi connectivity index (χ2v) is 3.42. The lowest BCUT2D eigenvalue weighted by Crippen LogP contribution is -2.34. The predicted molar refractivity (Wildman–Crippen MR) is 46.2 cm³/mol. The van der Waals surface area contributed by atoms with Crippen LogP contribution in [0.4, 0.5) is 0 Å². The smallest absolute Gasteiger partial charge is 0.499 e. The summed E-state index contributed by atoms with van der Waals surface area (Å²) in [5, 5.41) is 20.4. The van der Waals surface area contributed by atoms with Crippen molar-refractivity contribution in [2.45, 2.75) is 32.6 Å². The van der Waals surface area contributed by atoms with Crippen molar-refractivity contribution in [3.63, 3.8) is 0 Å². The lowest BCUT2D eigenvalue weighted by Gasteiger charge is -2.15. The Bertz CT molecular complexity index is 350. The van der Waals surface area contributed by atoms with Crippen molar-refractivity contribution in [2.24, 2.45) is 0 Å². The number of hydrogen-bond donors (Lipinski definition) is 1. The first-order valence-electron chi connectivity index (χ1n) is 4.51. The molecule has 0 unspecified atom stereocenters. The van der Waals surface area contributed by atoms with E-state index in [1.165, 1.54) is 0 Å². The van der Waals surface area contributed by atoms with Crippen molar-refractivity contribution in [3.8, 4) is 6.01 Å². The van der Waals surface area contributed by atoms with Crippen molar-refractivity contribution in [1.82, 2.24) is 4.98 Å². The molecule has 1 aromatic rings. The quantitative estimate of drug-likeness (QED) is 0.470. The minimum absolute atomic E-state index is 0.418. The van der Waals surface area contributed by atoms with Gasteiger partial charge in [-0.2, -0.15) is 4.73 Å². The highest BCUT2D eigenvalue weighted by Crippen LogP contribution is 2.21. The summed E-state index contributed by atoms with van der Waals surface area (Å²) in [6.45, 7) is 1.73. The van der Waals surface area contributed by atoms with Crippen LogP contribution in [0.5, 0.6) is 6.01 Å². The van der Waals surface area contributed by atoms with Gasteiger partial charge in [0.25, 0.3) is 0 Å². The van der Waals surface area contributed by atoms with Crippen LogP contribution in [-0.4, -0.2) is 10.1 Å². The number of rotatable bonds is 0. The summed E-state index contributed by atoms with van der Waals surface area (Å²) >= 11 is 0. The fourth-order valence-corrected chi connectivity index (χ4v) is 1.84. The van der Waals surface area contributed by atoms with Gasteiger partial charge in [-0.25, -0.2) is 0 Å². The topological polar surface area (TPSA) is 60.1 Å². The van der Waals surface area contributed by atoms with Crippen molar-refractivity contribution in [1.29, 1.82) is 0 Å². The van der Waals surface area contributed by atoms with Crippen LogP contribution in [0.15, 0.2) is 0 Å². The molecule has 1 aliphatic rings. The monoisotopic (exact) mass is 180 g/mol. The van der Waals surface area contributed by atoms with E-state index in [1.54, 1.807) is 6.92 Å². The van der Waals surface area contributed by atoms with Crippen LogP contribution >= 0.6 is 0 Å². The molecule has 1 aromatic heterocycles. The first-order valence-corrected chi connectivity index (χ1v) is 4.51. The lowest BCUT2D eigenvalue weighted by atomic mass is 9.95. The fraction of sp³-hybridized carbons (Fsp3) is 0.556. The Hall–Kier alpha value is -1.32. The highest BCUT2D eigenvalue weighted by atomic mass is 16.5. The SMILES string of the molecule is Cc1c2c(nc(O)[n+]1[O-])CCCC2. The lowest BCUT2D eigenvalue weighted by molar-refractivity contribution is -0.624. The van der Waals surface area contributed by atoms with E-state index in [-0.39, 0.29) is 0 Å². The molecule has 70 valence electrons. The van der Waals surface area contributed by atoms with Gasteiger partial charge < -0.3 is 10.3 Å². The second-order valence-electron chi connectivity index (χ2n) is 3.42. The second kappa shape index (κ2) is 2.87. The maximum absolute atomic E-state index is 11.2. The van der Waals surface area contributed by atoms with Gasteiger partial charge in [-0.15, -0.1) is 0 Å². The third-order valence-corrected chi connectivity index (χ3v) is 2.60. The van der Waals surface area contributed by atoms with Gasteiger partial charge in [0, 0.05) is 12.0 Å². The van der Waals surface area contributed by atoms with Crippen molar-refractivity contribution >= 4 is 0 Å². The summed E-state index contributed by atoms with van der Waals surface area (Å²) < 4.78 is 0.504. The van der Waals surface area contributed by atoms with Gasteiger partial charge in [0.2, 0.25) is 0 Å². The molecule has 4 nitrogen and oxygen atoms in total. The summed E-state index contributed by atoms with van der Waals surface area (Å²) in [7, 11) is 0. The summed E-state index contributed by atoms with van der Waals surface area (Å²) in [5.74, 6) is 0. The summed E-state index contributed by atoms with van der Waals surface area (Å²) in [4.78, 5) is 3.88. The van der Waals surface area contributed by atoms with Crippen molar-refractivity contribution < 1.29 is 9.84 Å². The van der Waals surface area contributed by atoms with E-state index in [4.69, 9.17) is 0 Å². The van der Waals surface area contributed by atoms with Crippen LogP contribution in [-0.2, 0) is 12.8 Å². The third-order valence-electron chi connectivity index (χ3n) is 2.60. The Morgan fingerprint density at radius 2 is 2.08 bits per heavy atom. The molecule has 0 amide bonds. The minimum atomic E-state index is -0.418. The Morgan fingerprint density at radius 1 is 1.38 bits per heavy atom. The zero-order valence-corrected chi connectivity index (χ0v) is 7.58. The predicted octanol–water partition coefficient (Wildman–Crippen LogP) is 0.608. The maximum Gasteiger partial charge on any atom is 0.499 e. The number of aromatic nitrogens is 2.